The van der Waals surface area contributed by atoms with Crippen molar-refractivity contribution in [3.05, 3.63) is 69.2 Å². The van der Waals surface area contributed by atoms with E-state index in [9.17, 15) is 18.5 Å². The first-order valence-electron chi connectivity index (χ1n) is 7.57. The molecule has 7 nitrogen and oxygen atoms in total. The van der Waals surface area contributed by atoms with Gasteiger partial charge in [0.2, 0.25) is 10.0 Å². The van der Waals surface area contributed by atoms with E-state index in [-0.39, 0.29) is 35.2 Å². The molecule has 0 aliphatic carbocycles. The molecule has 1 atom stereocenters. The van der Waals surface area contributed by atoms with Gasteiger partial charge in [0, 0.05) is 24.2 Å². The summed E-state index contributed by atoms with van der Waals surface area (Å²) >= 11 is 5.80. The molecule has 1 fully saturated rings. The molecular formula is C16H16ClN3O4S. The van der Waals surface area contributed by atoms with Crippen LogP contribution >= 0.6 is 11.6 Å². The highest BCUT2D eigenvalue weighted by molar-refractivity contribution is 7.89. The van der Waals surface area contributed by atoms with E-state index in [1.54, 1.807) is 0 Å². The Kier molecular flexibility index (Phi) is 4.94. The van der Waals surface area contributed by atoms with Gasteiger partial charge in [-0.2, -0.15) is 4.31 Å². The van der Waals surface area contributed by atoms with Gasteiger partial charge in [0.05, 0.1) is 16.7 Å². The van der Waals surface area contributed by atoms with E-state index in [0.29, 0.717) is 0 Å². The number of sulfonamides is 1. The molecule has 9 heteroatoms. The lowest BCUT2D eigenvalue weighted by Gasteiger charge is -2.15. The summed E-state index contributed by atoms with van der Waals surface area (Å²) in [5.41, 5.74) is 0.978. The predicted octanol–water partition coefficient (Wildman–Crippen LogP) is 2.87. The summed E-state index contributed by atoms with van der Waals surface area (Å²) in [6.07, 6.45) is 0. The number of hydrogen-bond donors (Lipinski definition) is 1. The molecule has 2 aromatic carbocycles. The van der Waals surface area contributed by atoms with Crippen LogP contribution in [0, 0.1) is 10.1 Å². The van der Waals surface area contributed by atoms with Crippen LogP contribution in [0.4, 0.5) is 11.4 Å². The normalized spacial score (nSPS) is 19.6. The number of rotatable bonds is 5. The van der Waals surface area contributed by atoms with Crippen LogP contribution < -0.4 is 5.32 Å². The van der Waals surface area contributed by atoms with E-state index in [1.165, 1.54) is 22.5 Å². The van der Waals surface area contributed by atoms with Gasteiger partial charge in [-0.1, -0.05) is 41.9 Å². The van der Waals surface area contributed by atoms with Gasteiger partial charge >= 0.3 is 0 Å². The highest BCUT2D eigenvalue weighted by Gasteiger charge is 2.36. The minimum atomic E-state index is -3.42. The summed E-state index contributed by atoms with van der Waals surface area (Å²) in [7, 11) is -3.42. The third-order valence-corrected chi connectivity index (χ3v) is 6.07. The monoisotopic (exact) mass is 381 g/mol. The third kappa shape index (κ3) is 4.09. The first-order valence-corrected chi connectivity index (χ1v) is 9.56. The van der Waals surface area contributed by atoms with E-state index in [0.717, 1.165) is 5.56 Å². The van der Waals surface area contributed by atoms with Crippen LogP contribution in [-0.2, 0) is 16.6 Å². The standard InChI is InChI=1S/C16H16ClN3O4S/c17-13-6-7-15(16(8-13)20(21)22)18-14-10-19(25(23,24)11-14)9-12-4-2-1-3-5-12/h1-8,14,18H,9-11H2/t14-/m1/s1. The largest absolute Gasteiger partial charge is 0.374 e. The van der Waals surface area contributed by atoms with Crippen molar-refractivity contribution in [2.75, 3.05) is 17.6 Å². The summed E-state index contributed by atoms with van der Waals surface area (Å²) in [6.45, 7) is 0.529. The van der Waals surface area contributed by atoms with Crippen molar-refractivity contribution in [1.29, 1.82) is 0 Å². The first-order chi connectivity index (χ1) is 11.8. The van der Waals surface area contributed by atoms with Crippen molar-refractivity contribution in [2.24, 2.45) is 0 Å². The van der Waals surface area contributed by atoms with Crippen molar-refractivity contribution < 1.29 is 13.3 Å². The second-order valence-corrected chi connectivity index (χ2v) is 8.27. The smallest absolute Gasteiger partial charge is 0.293 e. The number of hydrogen-bond acceptors (Lipinski definition) is 5. The van der Waals surface area contributed by atoms with Gasteiger partial charge in [-0.3, -0.25) is 10.1 Å². The molecule has 0 radical (unpaired) electrons. The zero-order chi connectivity index (χ0) is 18.0. The van der Waals surface area contributed by atoms with Crippen LogP contribution in [0.15, 0.2) is 48.5 Å². The molecule has 1 aliphatic rings. The molecule has 0 amide bonds. The Hall–Kier alpha value is -2.16. The number of halogens is 1. The van der Waals surface area contributed by atoms with Crippen LogP contribution in [0.5, 0.6) is 0 Å². The minimum absolute atomic E-state index is 0.111. The highest BCUT2D eigenvalue weighted by atomic mass is 35.5. The van der Waals surface area contributed by atoms with Gasteiger partial charge in [-0.15, -0.1) is 0 Å². The topological polar surface area (TPSA) is 92.6 Å². The summed E-state index contributed by atoms with van der Waals surface area (Å²) in [5, 5.41) is 14.4. The fourth-order valence-electron chi connectivity index (χ4n) is 2.81. The molecule has 132 valence electrons. The third-order valence-electron chi connectivity index (χ3n) is 3.95. The van der Waals surface area contributed by atoms with E-state index >= 15 is 0 Å². The maximum absolute atomic E-state index is 12.4. The van der Waals surface area contributed by atoms with E-state index in [2.05, 4.69) is 5.32 Å². The van der Waals surface area contributed by atoms with Crippen molar-refractivity contribution >= 4 is 33.0 Å². The lowest BCUT2D eigenvalue weighted by Crippen LogP contribution is -2.27. The Morgan fingerprint density at radius 1 is 1.24 bits per heavy atom. The maximum atomic E-state index is 12.4. The van der Waals surface area contributed by atoms with Crippen LogP contribution in [-0.4, -0.2) is 36.0 Å². The summed E-state index contributed by atoms with van der Waals surface area (Å²) < 4.78 is 26.1. The number of nitrogens with one attached hydrogen (secondary N) is 1. The minimum Gasteiger partial charge on any atom is -0.374 e. The molecule has 0 bridgehead atoms. The summed E-state index contributed by atoms with van der Waals surface area (Å²) in [4.78, 5) is 10.6. The molecule has 0 spiro atoms. The number of nitrogens with zero attached hydrogens (tertiary/aromatic N) is 2. The van der Waals surface area contributed by atoms with Crippen LogP contribution in [0.1, 0.15) is 5.56 Å². The van der Waals surface area contributed by atoms with Crippen LogP contribution in [0.25, 0.3) is 0 Å². The van der Waals surface area contributed by atoms with Crippen LogP contribution in [0.3, 0.4) is 0 Å². The quantitative estimate of drug-likeness (QED) is 0.635. The molecule has 1 aliphatic heterocycles. The number of nitro groups is 1. The van der Waals surface area contributed by atoms with Gasteiger partial charge in [-0.25, -0.2) is 8.42 Å². The fourth-order valence-corrected chi connectivity index (χ4v) is 4.63. The Labute approximate surface area is 150 Å². The molecule has 25 heavy (non-hydrogen) atoms. The number of nitro benzene ring substituents is 1. The van der Waals surface area contributed by atoms with Gasteiger partial charge in [0.25, 0.3) is 5.69 Å². The van der Waals surface area contributed by atoms with Gasteiger partial charge < -0.3 is 5.32 Å². The van der Waals surface area contributed by atoms with Crippen molar-refractivity contribution in [1.82, 2.24) is 4.31 Å². The lowest BCUT2D eigenvalue weighted by atomic mass is 10.2. The van der Waals surface area contributed by atoms with E-state index < -0.39 is 21.0 Å². The van der Waals surface area contributed by atoms with Gasteiger partial charge in [0.1, 0.15) is 5.69 Å². The molecule has 1 saturated heterocycles. The average molecular weight is 382 g/mol. The zero-order valence-electron chi connectivity index (χ0n) is 13.1. The molecular weight excluding hydrogens is 366 g/mol. The van der Waals surface area contributed by atoms with E-state index in [1.807, 2.05) is 30.3 Å². The summed E-state index contributed by atoms with van der Waals surface area (Å²) in [6, 6.07) is 13.1. The highest BCUT2D eigenvalue weighted by Crippen LogP contribution is 2.30. The Balaban J connectivity index is 1.77. The van der Waals surface area contributed by atoms with Crippen molar-refractivity contribution in [3.63, 3.8) is 0 Å². The van der Waals surface area contributed by atoms with Crippen LogP contribution in [0.2, 0.25) is 5.02 Å². The second-order valence-electron chi connectivity index (χ2n) is 5.82. The molecule has 0 unspecified atom stereocenters. The predicted molar refractivity (Wildman–Crippen MR) is 96.2 cm³/mol. The van der Waals surface area contributed by atoms with Gasteiger partial charge in [0.15, 0.2) is 0 Å². The Morgan fingerprint density at radius 2 is 1.96 bits per heavy atom. The zero-order valence-corrected chi connectivity index (χ0v) is 14.7. The number of anilines is 1. The molecule has 0 saturated carbocycles. The van der Waals surface area contributed by atoms with Gasteiger partial charge in [-0.05, 0) is 17.7 Å². The molecule has 3 rings (SSSR count). The first kappa shape index (κ1) is 17.7. The Bertz CT molecular complexity index is 890. The SMILES string of the molecule is O=[N+]([O-])c1cc(Cl)ccc1N[C@@H]1CN(Cc2ccccc2)S(=O)(=O)C1. The lowest BCUT2D eigenvalue weighted by molar-refractivity contribution is -0.384. The fraction of sp³-hybridized carbons (Fsp3) is 0.250. The summed E-state index contributed by atoms with van der Waals surface area (Å²) in [5.74, 6) is -0.111. The molecule has 0 aromatic heterocycles. The maximum Gasteiger partial charge on any atom is 0.293 e. The second kappa shape index (κ2) is 6.99. The number of benzene rings is 2. The van der Waals surface area contributed by atoms with Crippen molar-refractivity contribution in [2.45, 2.75) is 12.6 Å². The van der Waals surface area contributed by atoms with E-state index in [4.69, 9.17) is 11.6 Å². The molecule has 1 heterocycles. The average Bonchev–Trinajstić information content (AvgIpc) is 2.83. The Morgan fingerprint density at radius 3 is 2.64 bits per heavy atom. The molecule has 1 N–H and O–H groups in total. The van der Waals surface area contributed by atoms with Crippen molar-refractivity contribution in [3.8, 4) is 0 Å². The molecule has 2 aromatic rings.